The average Bonchev–Trinajstić information content (AvgIpc) is 2.40. The van der Waals surface area contributed by atoms with Gasteiger partial charge < -0.3 is 0 Å². The molecule has 2 aromatic carbocycles. The maximum Gasteiger partial charge on any atom is 0.417 e. The lowest BCUT2D eigenvalue weighted by atomic mass is 10.2. The molecule has 6 heteroatoms. The van der Waals surface area contributed by atoms with Gasteiger partial charge in [0.1, 0.15) is 0 Å². The molecule has 0 atom stereocenters. The summed E-state index contributed by atoms with van der Waals surface area (Å²) in [5, 5.41) is 8.69. The zero-order valence-electron chi connectivity index (χ0n) is 9.91. The second kappa shape index (κ2) is 5.90. The Hall–Kier alpha value is -1.45. The number of nitrogens with zero attached hydrogens (tertiary/aromatic N) is 1. The first-order valence-corrected chi connectivity index (χ1v) is 7.06. The number of benzene rings is 2. The number of hydrogen-bond acceptors (Lipinski definition) is 2. The van der Waals surface area contributed by atoms with Crippen LogP contribution in [0.5, 0.6) is 0 Å². The van der Waals surface area contributed by atoms with Crippen molar-refractivity contribution in [2.75, 3.05) is 0 Å². The summed E-state index contributed by atoms with van der Waals surface area (Å²) < 4.78 is 39.3. The van der Waals surface area contributed by atoms with Gasteiger partial charge in [0.2, 0.25) is 0 Å². The molecule has 2 aromatic rings. The third kappa shape index (κ3) is 3.56. The van der Waals surface area contributed by atoms with E-state index in [0.717, 1.165) is 17.8 Å². The quantitative estimate of drug-likeness (QED) is 0.709. The topological polar surface area (TPSA) is 23.8 Å². The first kappa shape index (κ1) is 14.9. The van der Waals surface area contributed by atoms with E-state index < -0.39 is 11.7 Å². The van der Waals surface area contributed by atoms with Gasteiger partial charge in [-0.15, -0.1) is 0 Å². The largest absolute Gasteiger partial charge is 0.417 e. The normalized spacial score (nSPS) is 11.2. The molecular formula is C14H7BrF3NS. The van der Waals surface area contributed by atoms with Crippen molar-refractivity contribution in [2.24, 2.45) is 0 Å². The van der Waals surface area contributed by atoms with Crippen LogP contribution in [-0.4, -0.2) is 0 Å². The zero-order valence-corrected chi connectivity index (χ0v) is 12.3. The summed E-state index contributed by atoms with van der Waals surface area (Å²) in [5.74, 6) is 0. The summed E-state index contributed by atoms with van der Waals surface area (Å²) in [6, 6.07) is 12.4. The molecule has 1 nitrogen and oxygen atoms in total. The summed E-state index contributed by atoms with van der Waals surface area (Å²) in [6.07, 6.45) is -4.40. The Labute approximate surface area is 126 Å². The molecule has 0 fully saturated rings. The van der Waals surface area contributed by atoms with E-state index in [1.807, 2.05) is 6.07 Å². The van der Waals surface area contributed by atoms with Crippen molar-refractivity contribution in [3.8, 4) is 6.07 Å². The van der Waals surface area contributed by atoms with E-state index in [-0.39, 0.29) is 4.90 Å². The molecular weight excluding hydrogens is 351 g/mol. The van der Waals surface area contributed by atoms with E-state index in [1.165, 1.54) is 6.07 Å². The van der Waals surface area contributed by atoms with Gasteiger partial charge in [-0.25, -0.2) is 0 Å². The van der Waals surface area contributed by atoms with Crippen LogP contribution in [0.4, 0.5) is 13.2 Å². The Morgan fingerprint density at radius 1 is 1.05 bits per heavy atom. The number of halogens is 4. The molecule has 0 spiro atoms. The Bertz CT molecular complexity index is 660. The standard InChI is InChI=1S/C14H7BrF3NS/c15-10-3-6-13(12(7-10)14(16,17)18)20-11-4-1-9(8-19)2-5-11/h1-7H. The number of alkyl halides is 3. The summed E-state index contributed by atoms with van der Waals surface area (Å²) in [6.45, 7) is 0. The highest BCUT2D eigenvalue weighted by atomic mass is 79.9. The van der Waals surface area contributed by atoms with Gasteiger partial charge in [0.15, 0.2) is 0 Å². The SMILES string of the molecule is N#Cc1ccc(Sc2ccc(Br)cc2C(F)(F)F)cc1. The van der Waals surface area contributed by atoms with Gasteiger partial charge in [0, 0.05) is 14.3 Å². The third-order valence-corrected chi connectivity index (χ3v) is 4.04. The van der Waals surface area contributed by atoms with Crippen LogP contribution in [0.3, 0.4) is 0 Å². The first-order chi connectivity index (χ1) is 9.40. The second-order valence-electron chi connectivity index (χ2n) is 3.88. The van der Waals surface area contributed by atoms with Crippen LogP contribution in [0.15, 0.2) is 56.7 Å². The molecule has 0 amide bonds. The van der Waals surface area contributed by atoms with Crippen molar-refractivity contribution in [3.05, 3.63) is 58.1 Å². The molecule has 0 unspecified atom stereocenters. The van der Waals surface area contributed by atoms with Gasteiger partial charge in [-0.3, -0.25) is 0 Å². The molecule has 0 radical (unpaired) electrons. The van der Waals surface area contributed by atoms with Gasteiger partial charge in [-0.1, -0.05) is 27.7 Å². The van der Waals surface area contributed by atoms with Crippen molar-refractivity contribution < 1.29 is 13.2 Å². The highest BCUT2D eigenvalue weighted by Crippen LogP contribution is 2.40. The second-order valence-corrected chi connectivity index (χ2v) is 5.91. The summed E-state index contributed by atoms with van der Waals surface area (Å²) in [7, 11) is 0. The predicted octanol–water partition coefficient (Wildman–Crippen LogP) is 5.49. The number of hydrogen-bond donors (Lipinski definition) is 0. The molecule has 102 valence electrons. The lowest BCUT2D eigenvalue weighted by Crippen LogP contribution is -2.06. The van der Waals surface area contributed by atoms with Crippen LogP contribution >= 0.6 is 27.7 Å². The third-order valence-electron chi connectivity index (χ3n) is 2.46. The molecule has 0 aromatic heterocycles. The zero-order chi connectivity index (χ0) is 14.8. The minimum atomic E-state index is -4.40. The van der Waals surface area contributed by atoms with Crippen LogP contribution in [-0.2, 0) is 6.18 Å². The Balaban J connectivity index is 2.35. The molecule has 2 rings (SSSR count). The van der Waals surface area contributed by atoms with Crippen molar-refractivity contribution in [1.82, 2.24) is 0 Å². The number of rotatable bonds is 2. The lowest BCUT2D eigenvalue weighted by molar-refractivity contribution is -0.139. The molecule has 20 heavy (non-hydrogen) atoms. The van der Waals surface area contributed by atoms with Gasteiger partial charge in [0.05, 0.1) is 17.2 Å². The predicted molar refractivity (Wildman–Crippen MR) is 74.4 cm³/mol. The smallest absolute Gasteiger partial charge is 0.192 e. The fourth-order valence-electron chi connectivity index (χ4n) is 1.54. The van der Waals surface area contributed by atoms with E-state index in [2.05, 4.69) is 15.9 Å². The van der Waals surface area contributed by atoms with Crippen LogP contribution in [0, 0.1) is 11.3 Å². The first-order valence-electron chi connectivity index (χ1n) is 5.45. The molecule has 0 saturated heterocycles. The summed E-state index contributed by atoms with van der Waals surface area (Å²) in [5.41, 5.74) is -0.206. The van der Waals surface area contributed by atoms with Crippen molar-refractivity contribution in [2.45, 2.75) is 16.0 Å². The van der Waals surface area contributed by atoms with Crippen LogP contribution in [0.1, 0.15) is 11.1 Å². The molecule has 0 aliphatic carbocycles. The van der Waals surface area contributed by atoms with Crippen molar-refractivity contribution in [3.63, 3.8) is 0 Å². The van der Waals surface area contributed by atoms with Crippen LogP contribution in [0.2, 0.25) is 0 Å². The Morgan fingerprint density at radius 2 is 1.70 bits per heavy atom. The average molecular weight is 358 g/mol. The van der Waals surface area contributed by atoms with Gasteiger partial charge in [-0.05, 0) is 42.5 Å². The minimum Gasteiger partial charge on any atom is -0.192 e. The monoisotopic (exact) mass is 357 g/mol. The molecule has 0 aliphatic heterocycles. The molecule has 0 N–H and O–H groups in total. The fourth-order valence-corrected chi connectivity index (χ4v) is 2.85. The Morgan fingerprint density at radius 3 is 2.25 bits per heavy atom. The summed E-state index contributed by atoms with van der Waals surface area (Å²) in [4.78, 5) is 0.780. The number of nitriles is 1. The van der Waals surface area contributed by atoms with Gasteiger partial charge >= 0.3 is 6.18 Å². The Kier molecular flexibility index (Phi) is 4.41. The van der Waals surface area contributed by atoms with E-state index in [1.54, 1.807) is 30.3 Å². The highest BCUT2D eigenvalue weighted by molar-refractivity contribution is 9.10. The van der Waals surface area contributed by atoms with Crippen molar-refractivity contribution >= 4 is 27.7 Å². The van der Waals surface area contributed by atoms with Gasteiger partial charge in [0.25, 0.3) is 0 Å². The highest BCUT2D eigenvalue weighted by Gasteiger charge is 2.33. The minimum absolute atomic E-state index is 0.130. The van der Waals surface area contributed by atoms with Crippen LogP contribution < -0.4 is 0 Å². The van der Waals surface area contributed by atoms with E-state index >= 15 is 0 Å². The van der Waals surface area contributed by atoms with E-state index in [4.69, 9.17) is 5.26 Å². The van der Waals surface area contributed by atoms with E-state index in [9.17, 15) is 13.2 Å². The van der Waals surface area contributed by atoms with Gasteiger partial charge in [-0.2, -0.15) is 18.4 Å². The molecule has 0 heterocycles. The maximum atomic E-state index is 13.0. The fraction of sp³-hybridized carbons (Fsp3) is 0.0714. The maximum absolute atomic E-state index is 13.0. The lowest BCUT2D eigenvalue weighted by Gasteiger charge is -2.12. The van der Waals surface area contributed by atoms with Crippen LogP contribution in [0.25, 0.3) is 0 Å². The van der Waals surface area contributed by atoms with Crippen molar-refractivity contribution in [1.29, 1.82) is 5.26 Å². The molecule has 0 saturated carbocycles. The summed E-state index contributed by atoms with van der Waals surface area (Å²) >= 11 is 4.07. The molecule has 0 bridgehead atoms. The molecule has 0 aliphatic rings. The van der Waals surface area contributed by atoms with E-state index in [0.29, 0.717) is 14.9 Å².